The molecule has 2 amide bonds. The van der Waals surface area contributed by atoms with Crippen LogP contribution in [-0.2, 0) is 17.9 Å². The average molecular weight is 479 g/mol. The van der Waals surface area contributed by atoms with Crippen LogP contribution in [0.3, 0.4) is 0 Å². The zero-order valence-electron chi connectivity index (χ0n) is 20.4. The van der Waals surface area contributed by atoms with Crippen molar-refractivity contribution in [3.8, 4) is 0 Å². The lowest BCUT2D eigenvalue weighted by molar-refractivity contribution is -0.126. The molecule has 35 heavy (non-hydrogen) atoms. The molecule has 1 N–H and O–H groups in total. The van der Waals surface area contributed by atoms with Crippen LogP contribution in [0, 0.1) is 24.6 Å². The molecule has 0 bridgehead atoms. The van der Waals surface area contributed by atoms with E-state index in [4.69, 9.17) is 0 Å². The summed E-state index contributed by atoms with van der Waals surface area (Å²) in [5, 5.41) is 8.37. The van der Waals surface area contributed by atoms with Crippen molar-refractivity contribution >= 4 is 22.6 Å². The monoisotopic (exact) mass is 478 g/mol. The fourth-order valence-corrected chi connectivity index (χ4v) is 4.44. The molecule has 4 rings (SSSR count). The second-order valence-electron chi connectivity index (χ2n) is 9.64. The van der Waals surface area contributed by atoms with Crippen molar-refractivity contribution in [1.29, 1.82) is 0 Å². The Morgan fingerprint density at radius 1 is 1.11 bits per heavy atom. The Balaban J connectivity index is 1.43. The van der Waals surface area contributed by atoms with E-state index in [0.717, 1.165) is 0 Å². The van der Waals surface area contributed by atoms with E-state index in [9.17, 15) is 18.8 Å². The van der Waals surface area contributed by atoms with Crippen LogP contribution < -0.4 is 10.9 Å². The fraction of sp³-hybridized carbons (Fsp3) is 0.407. The summed E-state index contributed by atoms with van der Waals surface area (Å²) in [6, 6.07) is 12.0. The number of benzene rings is 2. The Labute approximate surface area is 203 Å². The SMILES string of the molecule is Cc1ccc(CNC(=O)C2CCN(C(=O)c3nn(CC(C)C)c(=O)c4ccccc34)CC2)cc1F. The van der Waals surface area contributed by atoms with E-state index >= 15 is 0 Å². The number of amides is 2. The number of likely N-dealkylation sites (tertiary alicyclic amines) is 1. The molecular formula is C27H31FN4O3. The fourth-order valence-electron chi connectivity index (χ4n) is 4.44. The quantitative estimate of drug-likeness (QED) is 0.586. The number of hydrogen-bond acceptors (Lipinski definition) is 4. The molecule has 0 spiro atoms. The van der Waals surface area contributed by atoms with Crippen LogP contribution >= 0.6 is 0 Å². The topological polar surface area (TPSA) is 84.3 Å². The van der Waals surface area contributed by atoms with E-state index in [-0.39, 0.29) is 47.3 Å². The summed E-state index contributed by atoms with van der Waals surface area (Å²) < 4.78 is 15.1. The van der Waals surface area contributed by atoms with Gasteiger partial charge in [0.2, 0.25) is 5.91 Å². The number of piperidine rings is 1. The van der Waals surface area contributed by atoms with Crippen molar-refractivity contribution in [1.82, 2.24) is 20.0 Å². The van der Waals surface area contributed by atoms with Crippen molar-refractivity contribution in [2.45, 2.75) is 46.7 Å². The first-order valence-corrected chi connectivity index (χ1v) is 12.1. The minimum absolute atomic E-state index is 0.0906. The summed E-state index contributed by atoms with van der Waals surface area (Å²) in [6.07, 6.45) is 1.06. The normalized spacial score (nSPS) is 14.5. The molecule has 0 radical (unpaired) electrons. The van der Waals surface area contributed by atoms with Gasteiger partial charge in [0.1, 0.15) is 5.82 Å². The first-order valence-electron chi connectivity index (χ1n) is 12.1. The smallest absolute Gasteiger partial charge is 0.274 e. The highest BCUT2D eigenvalue weighted by atomic mass is 19.1. The van der Waals surface area contributed by atoms with Gasteiger partial charge in [-0.3, -0.25) is 14.4 Å². The summed E-state index contributed by atoms with van der Waals surface area (Å²) in [4.78, 5) is 40.6. The van der Waals surface area contributed by atoms with Crippen molar-refractivity contribution in [3.63, 3.8) is 0 Å². The molecule has 7 nitrogen and oxygen atoms in total. The first kappa shape index (κ1) is 24.6. The van der Waals surface area contributed by atoms with Gasteiger partial charge in [0.15, 0.2) is 5.69 Å². The third-order valence-electron chi connectivity index (χ3n) is 6.46. The van der Waals surface area contributed by atoms with Gasteiger partial charge in [-0.15, -0.1) is 0 Å². The van der Waals surface area contributed by atoms with Crippen molar-refractivity contribution in [3.05, 3.63) is 75.5 Å². The molecule has 1 aliphatic rings. The molecule has 0 unspecified atom stereocenters. The molecule has 8 heteroatoms. The molecule has 1 aromatic heterocycles. The van der Waals surface area contributed by atoms with Gasteiger partial charge in [-0.2, -0.15) is 5.10 Å². The maximum absolute atomic E-state index is 13.7. The Bertz CT molecular complexity index is 1310. The number of aryl methyl sites for hydroxylation is 1. The first-order chi connectivity index (χ1) is 16.7. The van der Waals surface area contributed by atoms with E-state index < -0.39 is 0 Å². The molecule has 1 saturated heterocycles. The molecule has 2 aromatic carbocycles. The third-order valence-corrected chi connectivity index (χ3v) is 6.46. The van der Waals surface area contributed by atoms with Crippen LogP contribution in [-0.4, -0.2) is 39.6 Å². The van der Waals surface area contributed by atoms with Crippen molar-refractivity contribution in [2.24, 2.45) is 11.8 Å². The highest BCUT2D eigenvalue weighted by molar-refractivity contribution is 6.04. The van der Waals surface area contributed by atoms with Gasteiger partial charge in [0, 0.05) is 37.5 Å². The van der Waals surface area contributed by atoms with Gasteiger partial charge < -0.3 is 10.2 Å². The van der Waals surface area contributed by atoms with Crippen LogP contribution in [0.1, 0.15) is 48.3 Å². The summed E-state index contributed by atoms with van der Waals surface area (Å²) in [6.45, 7) is 7.24. The van der Waals surface area contributed by atoms with Crippen LogP contribution in [0.25, 0.3) is 10.8 Å². The van der Waals surface area contributed by atoms with Gasteiger partial charge in [-0.25, -0.2) is 9.07 Å². The number of aromatic nitrogens is 2. The lowest BCUT2D eigenvalue weighted by atomic mass is 9.95. The summed E-state index contributed by atoms with van der Waals surface area (Å²) in [5.41, 5.74) is 1.35. The molecule has 3 aromatic rings. The standard InChI is InChI=1S/C27H31FN4O3/c1-17(2)16-32-26(34)22-7-5-4-6-21(22)24(30-32)27(35)31-12-10-20(11-13-31)25(33)29-15-19-9-8-18(3)23(28)14-19/h4-9,14,17,20H,10-13,15-16H2,1-3H3,(H,29,33). The van der Waals surface area contributed by atoms with Crippen LogP contribution in [0.5, 0.6) is 0 Å². The highest BCUT2D eigenvalue weighted by Gasteiger charge is 2.29. The zero-order valence-corrected chi connectivity index (χ0v) is 20.4. The Kier molecular flexibility index (Phi) is 7.28. The molecule has 0 saturated carbocycles. The number of hydrogen-bond donors (Lipinski definition) is 1. The summed E-state index contributed by atoms with van der Waals surface area (Å²) in [5.74, 6) is -0.617. The van der Waals surface area contributed by atoms with E-state index in [0.29, 0.717) is 54.4 Å². The number of nitrogens with one attached hydrogen (secondary N) is 1. The minimum Gasteiger partial charge on any atom is -0.352 e. The van der Waals surface area contributed by atoms with Crippen LogP contribution in [0.4, 0.5) is 4.39 Å². The Hall–Kier alpha value is -3.55. The second kappa shape index (κ2) is 10.4. The van der Waals surface area contributed by atoms with Gasteiger partial charge in [0.25, 0.3) is 11.5 Å². The van der Waals surface area contributed by atoms with Gasteiger partial charge >= 0.3 is 0 Å². The van der Waals surface area contributed by atoms with Crippen LogP contribution in [0.15, 0.2) is 47.3 Å². The summed E-state index contributed by atoms with van der Waals surface area (Å²) >= 11 is 0. The molecule has 184 valence electrons. The Morgan fingerprint density at radius 2 is 1.80 bits per heavy atom. The lowest BCUT2D eigenvalue weighted by Crippen LogP contribution is -2.43. The van der Waals surface area contributed by atoms with Gasteiger partial charge in [-0.1, -0.05) is 44.2 Å². The lowest BCUT2D eigenvalue weighted by Gasteiger charge is -2.31. The van der Waals surface area contributed by atoms with E-state index in [1.54, 1.807) is 48.2 Å². The zero-order chi connectivity index (χ0) is 25.1. The second-order valence-corrected chi connectivity index (χ2v) is 9.64. The number of carbonyl (C=O) groups excluding carboxylic acids is 2. The number of rotatable bonds is 6. The van der Waals surface area contributed by atoms with E-state index in [1.807, 2.05) is 13.8 Å². The molecule has 0 aliphatic carbocycles. The van der Waals surface area contributed by atoms with Crippen molar-refractivity contribution in [2.75, 3.05) is 13.1 Å². The number of halogens is 1. The average Bonchev–Trinajstić information content (AvgIpc) is 2.85. The molecule has 0 atom stereocenters. The largest absolute Gasteiger partial charge is 0.352 e. The highest BCUT2D eigenvalue weighted by Crippen LogP contribution is 2.22. The molecular weight excluding hydrogens is 447 g/mol. The number of nitrogens with zero attached hydrogens (tertiary/aromatic N) is 3. The third kappa shape index (κ3) is 5.42. The maximum Gasteiger partial charge on any atom is 0.274 e. The van der Waals surface area contributed by atoms with E-state index in [2.05, 4.69) is 10.4 Å². The predicted molar refractivity (Wildman–Crippen MR) is 132 cm³/mol. The Morgan fingerprint density at radius 3 is 2.46 bits per heavy atom. The van der Waals surface area contributed by atoms with E-state index in [1.165, 1.54) is 10.7 Å². The number of fused-ring (bicyclic) bond motifs is 1. The molecule has 1 fully saturated rings. The molecule has 2 heterocycles. The van der Waals surface area contributed by atoms with Gasteiger partial charge in [-0.05, 0) is 48.9 Å². The number of carbonyl (C=O) groups is 2. The van der Waals surface area contributed by atoms with Crippen LogP contribution in [0.2, 0.25) is 0 Å². The minimum atomic E-state index is -0.288. The van der Waals surface area contributed by atoms with Crippen molar-refractivity contribution < 1.29 is 14.0 Å². The maximum atomic E-state index is 13.7. The molecule has 1 aliphatic heterocycles. The predicted octanol–water partition coefficient (Wildman–Crippen LogP) is 3.67. The summed E-state index contributed by atoms with van der Waals surface area (Å²) in [7, 11) is 0. The van der Waals surface area contributed by atoms with Gasteiger partial charge in [0.05, 0.1) is 5.39 Å².